The predicted octanol–water partition coefficient (Wildman–Crippen LogP) is 6.64. The van der Waals surface area contributed by atoms with Gasteiger partial charge < -0.3 is 10.6 Å². The smallest absolute Gasteiger partial charge is 0.272 e. The van der Waals surface area contributed by atoms with Crippen molar-refractivity contribution in [1.29, 1.82) is 0 Å². The molecule has 1 aliphatic heterocycles. The van der Waals surface area contributed by atoms with Crippen molar-refractivity contribution in [2.45, 2.75) is 11.3 Å². The molecule has 42 heavy (non-hydrogen) atoms. The lowest BCUT2D eigenvalue weighted by atomic mass is 10.1. The van der Waals surface area contributed by atoms with Crippen molar-refractivity contribution in [2.75, 3.05) is 17.6 Å². The third-order valence-electron chi connectivity index (χ3n) is 6.49. The monoisotopic (exact) mass is 639 g/mol. The number of nitrogens with zero attached hydrogens (tertiary/aromatic N) is 1. The lowest BCUT2D eigenvalue weighted by Gasteiger charge is -2.13. The number of rotatable bonds is 10. The van der Waals surface area contributed by atoms with Gasteiger partial charge in [-0.3, -0.25) is 24.1 Å². The molecule has 0 aliphatic carbocycles. The van der Waals surface area contributed by atoms with E-state index in [1.807, 2.05) is 42.5 Å². The van der Waals surface area contributed by atoms with Crippen molar-refractivity contribution in [3.05, 3.63) is 136 Å². The van der Waals surface area contributed by atoms with Crippen LogP contribution in [-0.4, -0.2) is 40.8 Å². The molecule has 5 rings (SSSR count). The van der Waals surface area contributed by atoms with Gasteiger partial charge in [-0.05, 0) is 84.5 Å². The van der Waals surface area contributed by atoms with Gasteiger partial charge in [0.1, 0.15) is 5.70 Å². The van der Waals surface area contributed by atoms with Crippen molar-refractivity contribution in [3.8, 4) is 0 Å². The Morgan fingerprint density at radius 3 is 2.05 bits per heavy atom. The van der Waals surface area contributed by atoms with Crippen molar-refractivity contribution in [1.82, 2.24) is 10.2 Å². The van der Waals surface area contributed by atoms with Crippen molar-refractivity contribution in [3.63, 3.8) is 0 Å². The fourth-order valence-electron chi connectivity index (χ4n) is 4.36. The van der Waals surface area contributed by atoms with Crippen LogP contribution in [0.5, 0.6) is 0 Å². The Morgan fingerprint density at radius 2 is 1.40 bits per heavy atom. The summed E-state index contributed by atoms with van der Waals surface area (Å²) < 4.78 is 0.903. The Kier molecular flexibility index (Phi) is 9.31. The zero-order valence-corrected chi connectivity index (χ0v) is 24.8. The maximum absolute atomic E-state index is 13.2. The van der Waals surface area contributed by atoms with Crippen LogP contribution in [0.2, 0.25) is 0 Å². The number of anilines is 1. The average molecular weight is 641 g/mol. The van der Waals surface area contributed by atoms with Gasteiger partial charge in [-0.25, -0.2) is 0 Å². The Morgan fingerprint density at radius 1 is 0.786 bits per heavy atom. The van der Waals surface area contributed by atoms with E-state index in [0.29, 0.717) is 41.1 Å². The van der Waals surface area contributed by atoms with E-state index in [1.165, 1.54) is 4.90 Å². The fourth-order valence-corrected chi connectivity index (χ4v) is 5.46. The molecule has 4 amide bonds. The number of hydrogen-bond acceptors (Lipinski definition) is 5. The van der Waals surface area contributed by atoms with E-state index in [-0.39, 0.29) is 23.4 Å². The molecule has 4 aromatic rings. The molecular formula is C33H26BrN3O4S. The van der Waals surface area contributed by atoms with Crippen LogP contribution in [0, 0.1) is 0 Å². The summed E-state index contributed by atoms with van der Waals surface area (Å²) in [4.78, 5) is 53.4. The molecule has 9 heteroatoms. The minimum Gasteiger partial charge on any atom is -0.321 e. The molecular weight excluding hydrogens is 614 g/mol. The molecule has 2 N–H and O–H groups in total. The molecule has 0 spiro atoms. The second-order valence-electron chi connectivity index (χ2n) is 9.42. The van der Waals surface area contributed by atoms with E-state index in [4.69, 9.17) is 0 Å². The average Bonchev–Trinajstić information content (AvgIpc) is 3.26. The fraction of sp³-hybridized carbons (Fsp3) is 0.0909. The van der Waals surface area contributed by atoms with Gasteiger partial charge in [0.25, 0.3) is 23.6 Å². The maximum atomic E-state index is 13.2. The van der Waals surface area contributed by atoms with Gasteiger partial charge >= 0.3 is 0 Å². The summed E-state index contributed by atoms with van der Waals surface area (Å²) in [6.07, 6.45) is 2.28. The van der Waals surface area contributed by atoms with Crippen LogP contribution >= 0.6 is 27.7 Å². The maximum Gasteiger partial charge on any atom is 0.272 e. The highest BCUT2D eigenvalue weighted by molar-refractivity contribution is 9.10. The molecule has 0 saturated carbocycles. The summed E-state index contributed by atoms with van der Waals surface area (Å²) in [6.45, 7) is 0.357. The zero-order valence-electron chi connectivity index (χ0n) is 22.4. The van der Waals surface area contributed by atoms with Gasteiger partial charge in [-0.1, -0.05) is 58.4 Å². The van der Waals surface area contributed by atoms with Gasteiger partial charge in [0.05, 0.1) is 11.1 Å². The van der Waals surface area contributed by atoms with Crippen molar-refractivity contribution in [2.24, 2.45) is 0 Å². The van der Waals surface area contributed by atoms with E-state index in [9.17, 15) is 19.2 Å². The largest absolute Gasteiger partial charge is 0.321 e. The Bertz CT molecular complexity index is 1620. The Labute approximate surface area is 256 Å². The third kappa shape index (κ3) is 7.05. The second-order valence-corrected chi connectivity index (χ2v) is 11.5. The van der Waals surface area contributed by atoms with Crippen LogP contribution in [-0.2, 0) is 4.79 Å². The minimum atomic E-state index is -0.455. The summed E-state index contributed by atoms with van der Waals surface area (Å²) in [5.74, 6) is -0.612. The lowest BCUT2D eigenvalue weighted by Crippen LogP contribution is -2.31. The predicted molar refractivity (Wildman–Crippen MR) is 168 cm³/mol. The number of amides is 4. The molecule has 0 aromatic heterocycles. The van der Waals surface area contributed by atoms with Crippen LogP contribution in [0.3, 0.4) is 0 Å². The molecule has 0 bridgehead atoms. The van der Waals surface area contributed by atoms with E-state index < -0.39 is 5.91 Å². The molecule has 1 heterocycles. The van der Waals surface area contributed by atoms with Gasteiger partial charge in [0.2, 0.25) is 0 Å². The standard InChI is InChI=1S/C33H26BrN3O4S/c34-24-13-11-22(12-14-24)21-29(36-30(38)23-7-2-1-3-8-23)31(39)35-25-15-17-26(18-16-25)42-20-6-19-37-32(40)27-9-4-5-10-28(27)33(37)41/h1-5,7-18,21H,6,19-20H2,(H,35,39)(H,36,38)/b29-21-. The van der Waals surface area contributed by atoms with Crippen molar-refractivity contribution < 1.29 is 19.2 Å². The molecule has 210 valence electrons. The number of carbonyl (C=O) groups excluding carboxylic acids is 4. The van der Waals surface area contributed by atoms with E-state index in [0.717, 1.165) is 14.9 Å². The number of carbonyl (C=O) groups is 4. The Hall–Kier alpha value is -4.47. The van der Waals surface area contributed by atoms with Gasteiger partial charge in [-0.2, -0.15) is 0 Å². The highest BCUT2D eigenvalue weighted by Crippen LogP contribution is 2.25. The first-order valence-electron chi connectivity index (χ1n) is 13.2. The Balaban J connectivity index is 1.17. The molecule has 0 saturated heterocycles. The van der Waals surface area contributed by atoms with Gasteiger partial charge in [0, 0.05) is 27.2 Å². The SMILES string of the molecule is O=C(Nc1ccc(SCCCN2C(=O)c3ccccc3C2=O)cc1)/C(=C/c1ccc(Br)cc1)NC(=O)c1ccccc1. The summed E-state index contributed by atoms with van der Waals surface area (Å²) >= 11 is 5.01. The highest BCUT2D eigenvalue weighted by atomic mass is 79.9. The van der Waals surface area contributed by atoms with Gasteiger partial charge in [-0.15, -0.1) is 11.8 Å². The number of nitrogens with one attached hydrogen (secondary N) is 2. The molecule has 1 aliphatic rings. The first-order valence-corrected chi connectivity index (χ1v) is 15.0. The first-order chi connectivity index (χ1) is 20.4. The molecule has 0 radical (unpaired) electrons. The number of thioether (sulfide) groups is 1. The lowest BCUT2D eigenvalue weighted by molar-refractivity contribution is -0.113. The van der Waals surface area contributed by atoms with Crippen LogP contribution < -0.4 is 10.6 Å². The molecule has 4 aromatic carbocycles. The normalized spacial score (nSPS) is 12.7. The topological polar surface area (TPSA) is 95.6 Å². The van der Waals surface area contributed by atoms with E-state index in [2.05, 4.69) is 26.6 Å². The van der Waals surface area contributed by atoms with Crippen LogP contribution in [0.25, 0.3) is 6.08 Å². The summed E-state index contributed by atoms with van der Waals surface area (Å²) in [7, 11) is 0. The van der Waals surface area contributed by atoms with E-state index >= 15 is 0 Å². The second kappa shape index (κ2) is 13.5. The van der Waals surface area contributed by atoms with Crippen LogP contribution in [0.1, 0.15) is 43.1 Å². The molecule has 0 atom stereocenters. The molecule has 7 nitrogen and oxygen atoms in total. The zero-order chi connectivity index (χ0) is 29.5. The third-order valence-corrected chi connectivity index (χ3v) is 8.12. The summed E-state index contributed by atoms with van der Waals surface area (Å²) in [6, 6.07) is 30.3. The first kappa shape index (κ1) is 29.0. The number of benzene rings is 4. The number of hydrogen-bond donors (Lipinski definition) is 2. The van der Waals surface area contributed by atoms with Gasteiger partial charge in [0.15, 0.2) is 0 Å². The van der Waals surface area contributed by atoms with E-state index in [1.54, 1.807) is 78.5 Å². The number of imide groups is 1. The van der Waals surface area contributed by atoms with Crippen LogP contribution in [0.15, 0.2) is 118 Å². The number of halogens is 1. The molecule has 0 unspecified atom stereocenters. The quantitative estimate of drug-likeness (QED) is 0.0878. The molecule has 0 fully saturated rings. The highest BCUT2D eigenvalue weighted by Gasteiger charge is 2.34. The summed E-state index contributed by atoms with van der Waals surface area (Å²) in [5.41, 5.74) is 2.80. The summed E-state index contributed by atoms with van der Waals surface area (Å²) in [5, 5.41) is 5.60. The number of fused-ring (bicyclic) bond motifs is 1. The minimum absolute atomic E-state index is 0.109. The van der Waals surface area contributed by atoms with Crippen molar-refractivity contribution >= 4 is 63.1 Å². The van der Waals surface area contributed by atoms with Crippen LogP contribution in [0.4, 0.5) is 5.69 Å².